The Labute approximate surface area is 177 Å². The topological polar surface area (TPSA) is 171 Å². The number of amides is 1. The second-order valence-electron chi connectivity index (χ2n) is 6.50. The number of carbonyl (C=O) groups is 2. The van der Waals surface area contributed by atoms with Crippen LogP contribution >= 0.6 is 0 Å². The predicted molar refractivity (Wildman–Crippen MR) is 105 cm³/mol. The number of hydrogen-bond acceptors (Lipinski definition) is 8. The SMILES string of the molecule is Cc1c(C#N)c(NC(=O)COC(=O)c2ccc(S(N)(=O)=O)o2)n(Cc2ccco2)c1C. The van der Waals surface area contributed by atoms with Crippen molar-refractivity contribution in [2.45, 2.75) is 25.5 Å². The van der Waals surface area contributed by atoms with Gasteiger partial charge in [0, 0.05) is 5.69 Å². The smallest absolute Gasteiger partial charge is 0.374 e. The van der Waals surface area contributed by atoms with Gasteiger partial charge in [-0.25, -0.2) is 18.4 Å². The van der Waals surface area contributed by atoms with Crippen molar-refractivity contribution < 1.29 is 31.6 Å². The molecule has 0 aromatic carbocycles. The molecule has 0 fully saturated rings. The van der Waals surface area contributed by atoms with Crippen LogP contribution in [0.25, 0.3) is 0 Å². The second kappa shape index (κ2) is 8.50. The summed E-state index contributed by atoms with van der Waals surface area (Å²) in [7, 11) is -4.12. The number of carbonyl (C=O) groups excluding carboxylic acids is 2. The number of ether oxygens (including phenoxy) is 1. The van der Waals surface area contributed by atoms with Crippen molar-refractivity contribution in [2.75, 3.05) is 11.9 Å². The van der Waals surface area contributed by atoms with Gasteiger partial charge in [0.15, 0.2) is 6.61 Å². The molecule has 31 heavy (non-hydrogen) atoms. The first-order chi connectivity index (χ1) is 14.6. The van der Waals surface area contributed by atoms with Crippen molar-refractivity contribution in [1.82, 2.24) is 4.57 Å². The summed E-state index contributed by atoms with van der Waals surface area (Å²) in [6.07, 6.45) is 1.51. The number of hydrogen-bond donors (Lipinski definition) is 2. The van der Waals surface area contributed by atoms with Gasteiger partial charge in [0.1, 0.15) is 17.6 Å². The molecule has 1 amide bonds. The van der Waals surface area contributed by atoms with Crippen molar-refractivity contribution in [3.63, 3.8) is 0 Å². The fourth-order valence-corrected chi connectivity index (χ4v) is 3.30. The Morgan fingerprint density at radius 2 is 2.03 bits per heavy atom. The quantitative estimate of drug-likeness (QED) is 0.516. The first-order valence-electron chi connectivity index (χ1n) is 8.83. The molecule has 3 heterocycles. The number of primary sulfonamides is 1. The number of sulfonamides is 1. The standard InChI is InChI=1S/C19H18N4O7S/c1-11-12(2)23(9-13-4-3-7-28-13)18(14(11)8-20)22-16(24)10-29-19(25)15-5-6-17(30-15)31(21,26)27/h3-7H,9-10H2,1-2H3,(H,22,24)(H2,21,26,27). The van der Waals surface area contributed by atoms with Crippen LogP contribution in [0.3, 0.4) is 0 Å². The van der Waals surface area contributed by atoms with Crippen LogP contribution < -0.4 is 10.5 Å². The van der Waals surface area contributed by atoms with Crippen molar-refractivity contribution in [3.8, 4) is 6.07 Å². The monoisotopic (exact) mass is 446 g/mol. The van der Waals surface area contributed by atoms with E-state index in [4.69, 9.17) is 18.7 Å². The minimum Gasteiger partial charge on any atom is -0.467 e. The molecule has 3 N–H and O–H groups in total. The summed E-state index contributed by atoms with van der Waals surface area (Å²) in [5, 5.41) is 16.4. The number of esters is 1. The van der Waals surface area contributed by atoms with E-state index in [1.807, 2.05) is 0 Å². The van der Waals surface area contributed by atoms with E-state index < -0.39 is 39.4 Å². The van der Waals surface area contributed by atoms with E-state index in [-0.39, 0.29) is 17.9 Å². The molecule has 0 bridgehead atoms. The Morgan fingerprint density at radius 3 is 2.61 bits per heavy atom. The summed E-state index contributed by atoms with van der Waals surface area (Å²) < 4.78 is 39.1. The van der Waals surface area contributed by atoms with Gasteiger partial charge >= 0.3 is 5.97 Å². The molecule has 0 radical (unpaired) electrons. The molecule has 12 heteroatoms. The Morgan fingerprint density at radius 1 is 1.29 bits per heavy atom. The molecule has 0 saturated carbocycles. The molecule has 0 spiro atoms. The Kier molecular flexibility index (Phi) is 6.00. The highest BCUT2D eigenvalue weighted by Crippen LogP contribution is 2.27. The Bertz CT molecular complexity index is 1280. The molecule has 0 unspecified atom stereocenters. The lowest BCUT2D eigenvalue weighted by molar-refractivity contribution is -0.119. The van der Waals surface area contributed by atoms with Gasteiger partial charge in [0.05, 0.1) is 18.4 Å². The summed E-state index contributed by atoms with van der Waals surface area (Å²) in [6, 6.07) is 7.60. The van der Waals surface area contributed by atoms with Crippen molar-refractivity contribution in [3.05, 3.63) is 58.9 Å². The van der Waals surface area contributed by atoms with Crippen LogP contribution in [0.1, 0.15) is 33.1 Å². The van der Waals surface area contributed by atoms with Crippen molar-refractivity contribution in [1.29, 1.82) is 5.26 Å². The van der Waals surface area contributed by atoms with Crippen LogP contribution in [0.4, 0.5) is 5.82 Å². The summed E-state index contributed by atoms with van der Waals surface area (Å²) >= 11 is 0. The van der Waals surface area contributed by atoms with E-state index in [1.165, 1.54) is 6.26 Å². The number of nitrogens with zero attached hydrogens (tertiary/aromatic N) is 2. The molecule has 0 aliphatic heterocycles. The van der Waals surface area contributed by atoms with E-state index in [2.05, 4.69) is 11.4 Å². The van der Waals surface area contributed by atoms with E-state index in [9.17, 15) is 23.3 Å². The van der Waals surface area contributed by atoms with Gasteiger partial charge in [0.25, 0.3) is 15.9 Å². The minimum atomic E-state index is -4.12. The third kappa shape index (κ3) is 4.68. The highest BCUT2D eigenvalue weighted by atomic mass is 32.2. The Balaban J connectivity index is 1.73. The largest absolute Gasteiger partial charge is 0.467 e. The first-order valence-corrected chi connectivity index (χ1v) is 10.4. The maximum Gasteiger partial charge on any atom is 0.374 e. The summed E-state index contributed by atoms with van der Waals surface area (Å²) in [5.74, 6) is -1.33. The average Bonchev–Trinajstić information content (AvgIpc) is 3.44. The molecule has 3 rings (SSSR count). The van der Waals surface area contributed by atoms with Crippen LogP contribution in [-0.2, 0) is 26.1 Å². The fraction of sp³-hybridized carbons (Fsp3) is 0.211. The lowest BCUT2D eigenvalue weighted by Crippen LogP contribution is -2.23. The number of nitrogens with two attached hydrogens (primary N) is 1. The zero-order valence-corrected chi connectivity index (χ0v) is 17.4. The van der Waals surface area contributed by atoms with Crippen molar-refractivity contribution >= 4 is 27.7 Å². The Hall–Kier alpha value is -3.82. The molecule has 0 aliphatic carbocycles. The minimum absolute atomic E-state index is 0.240. The predicted octanol–water partition coefficient (Wildman–Crippen LogP) is 1.65. The van der Waals surface area contributed by atoms with E-state index >= 15 is 0 Å². The van der Waals surface area contributed by atoms with Crippen LogP contribution in [0.5, 0.6) is 0 Å². The zero-order chi connectivity index (χ0) is 22.8. The molecule has 0 aliphatic rings. The van der Waals surface area contributed by atoms with Crippen LogP contribution in [-0.4, -0.2) is 31.5 Å². The van der Waals surface area contributed by atoms with Crippen LogP contribution in [0.2, 0.25) is 0 Å². The van der Waals surface area contributed by atoms with Gasteiger partial charge in [-0.3, -0.25) is 4.79 Å². The maximum absolute atomic E-state index is 12.4. The molecule has 0 atom stereocenters. The molecule has 3 aromatic heterocycles. The molecular weight excluding hydrogens is 428 g/mol. The van der Waals surface area contributed by atoms with Crippen LogP contribution in [0, 0.1) is 25.2 Å². The number of furan rings is 2. The molecule has 162 valence electrons. The highest BCUT2D eigenvalue weighted by Gasteiger charge is 2.22. The van der Waals surface area contributed by atoms with E-state index in [1.54, 1.807) is 30.5 Å². The maximum atomic E-state index is 12.4. The van der Waals surface area contributed by atoms with Crippen molar-refractivity contribution in [2.24, 2.45) is 5.14 Å². The first kappa shape index (κ1) is 21.9. The molecule has 11 nitrogen and oxygen atoms in total. The third-order valence-corrected chi connectivity index (χ3v) is 5.27. The zero-order valence-electron chi connectivity index (χ0n) is 16.5. The third-order valence-electron chi connectivity index (χ3n) is 4.49. The lowest BCUT2D eigenvalue weighted by Gasteiger charge is -2.12. The van der Waals surface area contributed by atoms with Gasteiger partial charge in [-0.05, 0) is 43.7 Å². The molecule has 0 saturated heterocycles. The molecular formula is C19H18N4O7S. The van der Waals surface area contributed by atoms with Gasteiger partial charge < -0.3 is 23.5 Å². The van der Waals surface area contributed by atoms with Gasteiger partial charge in [0.2, 0.25) is 10.9 Å². The van der Waals surface area contributed by atoms with Gasteiger partial charge in [-0.15, -0.1) is 0 Å². The van der Waals surface area contributed by atoms with Gasteiger partial charge in [-0.1, -0.05) is 0 Å². The fourth-order valence-electron chi connectivity index (χ4n) is 2.84. The van der Waals surface area contributed by atoms with Crippen LogP contribution in [0.15, 0.2) is 44.5 Å². The summed E-state index contributed by atoms with van der Waals surface area (Å²) in [4.78, 5) is 24.4. The average molecular weight is 446 g/mol. The second-order valence-corrected chi connectivity index (χ2v) is 7.99. The van der Waals surface area contributed by atoms with Gasteiger partial charge in [-0.2, -0.15) is 5.26 Å². The summed E-state index contributed by atoms with van der Waals surface area (Å²) in [5.41, 5.74) is 1.71. The number of anilines is 1. The number of nitriles is 1. The lowest BCUT2D eigenvalue weighted by atomic mass is 10.2. The normalized spacial score (nSPS) is 11.2. The number of nitrogens with one attached hydrogen (secondary N) is 1. The van der Waals surface area contributed by atoms with E-state index in [0.29, 0.717) is 11.3 Å². The highest BCUT2D eigenvalue weighted by molar-refractivity contribution is 7.89. The number of rotatable bonds is 7. The van der Waals surface area contributed by atoms with E-state index in [0.717, 1.165) is 17.8 Å². The number of aromatic nitrogens is 1. The molecule has 3 aromatic rings. The summed E-state index contributed by atoms with van der Waals surface area (Å²) in [6.45, 7) is 3.13.